The van der Waals surface area contributed by atoms with Crippen LogP contribution in [0.1, 0.15) is 6.42 Å². The van der Waals surface area contributed by atoms with E-state index in [1.165, 1.54) is 11.8 Å². The second-order valence-corrected chi connectivity index (χ2v) is 4.69. The van der Waals surface area contributed by atoms with Crippen molar-refractivity contribution in [3.8, 4) is 0 Å². The van der Waals surface area contributed by atoms with Gasteiger partial charge in [-0.15, -0.1) is 11.8 Å². The lowest BCUT2D eigenvalue weighted by Crippen LogP contribution is -2.20. The molecule has 5 heteroatoms. The van der Waals surface area contributed by atoms with Crippen molar-refractivity contribution < 1.29 is 9.90 Å². The van der Waals surface area contributed by atoms with E-state index in [9.17, 15) is 4.79 Å². The lowest BCUT2D eigenvalue weighted by atomic mass is 10.3. The molecule has 0 fully saturated rings. The molecule has 1 rings (SSSR count). The molecule has 82 valence electrons. The van der Waals surface area contributed by atoms with Gasteiger partial charge in [0.25, 0.3) is 0 Å². The molecule has 0 aliphatic carbocycles. The first-order valence-electron chi connectivity index (χ1n) is 4.48. The van der Waals surface area contributed by atoms with Crippen LogP contribution in [-0.4, -0.2) is 22.9 Å². The van der Waals surface area contributed by atoms with E-state index in [2.05, 4.69) is 0 Å². The number of rotatable bonds is 5. The van der Waals surface area contributed by atoms with Crippen molar-refractivity contribution in [3.63, 3.8) is 0 Å². The molecule has 0 aliphatic rings. The van der Waals surface area contributed by atoms with E-state index in [1.54, 1.807) is 24.3 Å². The average molecular weight is 246 g/mol. The summed E-state index contributed by atoms with van der Waals surface area (Å²) in [4.78, 5) is 11.7. The quantitative estimate of drug-likeness (QED) is 0.781. The zero-order chi connectivity index (χ0) is 11.3. The first kappa shape index (κ1) is 12.4. The van der Waals surface area contributed by atoms with Gasteiger partial charge in [-0.2, -0.15) is 0 Å². The maximum atomic E-state index is 10.9. The third-order valence-electron chi connectivity index (χ3n) is 1.80. The number of thioether (sulfide) groups is 1. The average Bonchev–Trinajstić information content (AvgIpc) is 2.20. The lowest BCUT2D eigenvalue weighted by Gasteiger charge is -2.10. The molecule has 1 atom stereocenters. The predicted octanol–water partition coefficient (Wildman–Crippen LogP) is 2.23. The van der Waals surface area contributed by atoms with Crippen LogP contribution < -0.4 is 5.73 Å². The number of benzene rings is 1. The fourth-order valence-electron chi connectivity index (χ4n) is 1.06. The first-order valence-corrected chi connectivity index (χ1v) is 5.74. The van der Waals surface area contributed by atoms with Gasteiger partial charge in [0.1, 0.15) is 5.25 Å². The number of nitrogens with two attached hydrogens (primary N) is 1. The summed E-state index contributed by atoms with van der Waals surface area (Å²) in [6.45, 7) is 0.373. The van der Waals surface area contributed by atoms with Gasteiger partial charge in [-0.1, -0.05) is 11.6 Å². The van der Waals surface area contributed by atoms with Crippen LogP contribution >= 0.6 is 23.4 Å². The number of halogens is 1. The van der Waals surface area contributed by atoms with Gasteiger partial charge in [-0.25, -0.2) is 0 Å². The van der Waals surface area contributed by atoms with Crippen molar-refractivity contribution in [2.75, 3.05) is 6.54 Å². The predicted molar refractivity (Wildman–Crippen MR) is 62.4 cm³/mol. The van der Waals surface area contributed by atoms with Crippen molar-refractivity contribution in [1.29, 1.82) is 0 Å². The summed E-state index contributed by atoms with van der Waals surface area (Å²) in [5.41, 5.74) is 5.35. The molecule has 1 unspecified atom stereocenters. The SMILES string of the molecule is NCCC(Sc1ccc(Cl)cc1)C(=O)O. The lowest BCUT2D eigenvalue weighted by molar-refractivity contribution is -0.136. The minimum atomic E-state index is -0.833. The van der Waals surface area contributed by atoms with E-state index in [0.717, 1.165) is 4.90 Å². The molecule has 3 N–H and O–H groups in total. The van der Waals surface area contributed by atoms with Gasteiger partial charge >= 0.3 is 5.97 Å². The molecular weight excluding hydrogens is 234 g/mol. The molecule has 1 aromatic carbocycles. The number of hydrogen-bond donors (Lipinski definition) is 2. The Balaban J connectivity index is 2.65. The maximum absolute atomic E-state index is 10.9. The molecule has 0 bridgehead atoms. The summed E-state index contributed by atoms with van der Waals surface area (Å²) in [6, 6.07) is 7.09. The van der Waals surface area contributed by atoms with Crippen LogP contribution in [-0.2, 0) is 4.79 Å². The molecule has 0 amide bonds. The number of carbonyl (C=O) groups is 1. The molecule has 1 aromatic rings. The van der Waals surface area contributed by atoms with Gasteiger partial charge in [-0.05, 0) is 37.2 Å². The molecule has 15 heavy (non-hydrogen) atoms. The van der Waals surface area contributed by atoms with Crippen LogP contribution in [0.4, 0.5) is 0 Å². The minimum Gasteiger partial charge on any atom is -0.480 e. The van der Waals surface area contributed by atoms with Crippen molar-refractivity contribution >= 4 is 29.3 Å². The van der Waals surface area contributed by atoms with E-state index < -0.39 is 11.2 Å². The van der Waals surface area contributed by atoms with Gasteiger partial charge in [0.15, 0.2) is 0 Å². The summed E-state index contributed by atoms with van der Waals surface area (Å²) in [5, 5.41) is 9.07. The summed E-state index contributed by atoms with van der Waals surface area (Å²) < 4.78 is 0. The number of aliphatic carboxylic acids is 1. The Morgan fingerprint density at radius 3 is 2.53 bits per heavy atom. The fraction of sp³-hybridized carbons (Fsp3) is 0.300. The summed E-state index contributed by atoms with van der Waals surface area (Å²) >= 11 is 7.02. The molecule has 3 nitrogen and oxygen atoms in total. The van der Waals surface area contributed by atoms with Crippen LogP contribution in [0, 0.1) is 0 Å². The molecule has 0 saturated heterocycles. The summed E-state index contributed by atoms with van der Waals surface area (Å²) in [5.74, 6) is -0.833. The molecule has 0 aliphatic heterocycles. The number of hydrogen-bond acceptors (Lipinski definition) is 3. The minimum absolute atomic E-state index is 0.373. The van der Waals surface area contributed by atoms with Crippen molar-refractivity contribution in [2.45, 2.75) is 16.6 Å². The Bertz CT molecular complexity index is 329. The topological polar surface area (TPSA) is 63.3 Å². The molecule has 0 aromatic heterocycles. The number of carboxylic acid groups (broad SMARTS) is 1. The van der Waals surface area contributed by atoms with E-state index in [-0.39, 0.29) is 0 Å². The second-order valence-electron chi connectivity index (χ2n) is 2.98. The highest BCUT2D eigenvalue weighted by Crippen LogP contribution is 2.26. The van der Waals surface area contributed by atoms with Gasteiger partial charge in [0, 0.05) is 9.92 Å². The Labute approximate surface area is 97.6 Å². The molecule has 0 radical (unpaired) electrons. The molecule has 0 saturated carbocycles. The van der Waals surface area contributed by atoms with Gasteiger partial charge in [0.05, 0.1) is 0 Å². The first-order chi connectivity index (χ1) is 7.13. The smallest absolute Gasteiger partial charge is 0.317 e. The number of carboxylic acids is 1. The fourth-order valence-corrected chi connectivity index (χ4v) is 2.16. The van der Waals surface area contributed by atoms with Crippen molar-refractivity contribution in [3.05, 3.63) is 29.3 Å². The van der Waals surface area contributed by atoms with E-state index in [1.807, 2.05) is 0 Å². The zero-order valence-corrected chi connectivity index (χ0v) is 9.59. The highest BCUT2D eigenvalue weighted by molar-refractivity contribution is 8.00. The summed E-state index contributed by atoms with van der Waals surface area (Å²) in [7, 11) is 0. The van der Waals surface area contributed by atoms with E-state index in [4.69, 9.17) is 22.4 Å². The Hall–Kier alpha value is -0.710. The second kappa shape index (κ2) is 6.00. The van der Waals surface area contributed by atoms with Gasteiger partial charge in [-0.3, -0.25) is 4.79 Å². The third-order valence-corrected chi connectivity index (χ3v) is 3.31. The largest absolute Gasteiger partial charge is 0.480 e. The van der Waals surface area contributed by atoms with Crippen molar-refractivity contribution in [1.82, 2.24) is 0 Å². The van der Waals surface area contributed by atoms with E-state index in [0.29, 0.717) is 18.0 Å². The standard InChI is InChI=1S/C10H12ClNO2S/c11-7-1-3-8(4-2-7)15-9(5-6-12)10(13)14/h1-4,9H,5-6,12H2,(H,13,14). The molecular formula is C10H12ClNO2S. The Kier molecular flexibility index (Phi) is 4.94. The highest BCUT2D eigenvalue weighted by Gasteiger charge is 2.17. The third kappa shape index (κ3) is 4.11. The summed E-state index contributed by atoms with van der Waals surface area (Å²) in [6.07, 6.45) is 0.461. The molecule has 0 spiro atoms. The van der Waals surface area contributed by atoms with Crippen LogP contribution in [0.3, 0.4) is 0 Å². The van der Waals surface area contributed by atoms with Crippen LogP contribution in [0.5, 0.6) is 0 Å². The molecule has 0 heterocycles. The van der Waals surface area contributed by atoms with E-state index >= 15 is 0 Å². The maximum Gasteiger partial charge on any atom is 0.317 e. The monoisotopic (exact) mass is 245 g/mol. The van der Waals surface area contributed by atoms with Crippen LogP contribution in [0.2, 0.25) is 5.02 Å². The van der Waals surface area contributed by atoms with Gasteiger partial charge in [0.2, 0.25) is 0 Å². The Morgan fingerprint density at radius 2 is 2.07 bits per heavy atom. The Morgan fingerprint density at radius 1 is 1.47 bits per heavy atom. The highest BCUT2D eigenvalue weighted by atomic mass is 35.5. The van der Waals surface area contributed by atoms with Crippen LogP contribution in [0.15, 0.2) is 29.2 Å². The zero-order valence-electron chi connectivity index (χ0n) is 8.02. The normalized spacial score (nSPS) is 12.4. The van der Waals surface area contributed by atoms with Crippen LogP contribution in [0.25, 0.3) is 0 Å². The van der Waals surface area contributed by atoms with Crippen molar-refractivity contribution in [2.24, 2.45) is 5.73 Å². The van der Waals surface area contributed by atoms with Gasteiger partial charge < -0.3 is 10.8 Å².